The van der Waals surface area contributed by atoms with Crippen molar-refractivity contribution in [3.8, 4) is 0 Å². The number of rotatable bonds is 4. The molecule has 0 aromatic carbocycles. The van der Waals surface area contributed by atoms with Crippen molar-refractivity contribution in [2.75, 3.05) is 6.54 Å². The summed E-state index contributed by atoms with van der Waals surface area (Å²) in [5.41, 5.74) is 2.17. The molecule has 0 aromatic heterocycles. The second kappa shape index (κ2) is 4.57. The highest BCUT2D eigenvalue weighted by molar-refractivity contribution is 5.66. The molecule has 6 N–H and O–H groups in total. The minimum atomic E-state index is -0.888. The second-order valence-corrected chi connectivity index (χ2v) is 1.68. The summed E-state index contributed by atoms with van der Waals surface area (Å²) in [7, 11) is 0. The number of nitrogens with one attached hydrogen (secondary N) is 1. The Bertz CT molecular complexity index is 144. The third-order valence-corrected chi connectivity index (χ3v) is 0.824. The van der Waals surface area contributed by atoms with Gasteiger partial charge in [0, 0.05) is 0 Å². The highest BCUT2D eigenvalue weighted by Crippen LogP contribution is 1.75. The Kier molecular flexibility index (Phi) is 3.97. The molecule has 0 saturated carbocycles. The number of carboxylic acids is 1. The zero-order valence-electron chi connectivity index (χ0n) is 5.45. The van der Waals surface area contributed by atoms with E-state index in [1.165, 1.54) is 6.34 Å². The Morgan fingerprint density at radius 2 is 2.40 bits per heavy atom. The molecule has 0 aliphatic heterocycles. The largest absolute Gasteiger partial charge is 0.481 e. The molecule has 0 saturated heterocycles. The topological polar surface area (TPSA) is 104 Å². The number of hydrazine groups is 2. The SMILES string of the molecule is NNC=[N+](N)CCC(=O)O. The minimum absolute atomic E-state index is 0.00528. The predicted octanol–water partition coefficient (Wildman–Crippen LogP) is -2.16. The number of hydrogen-bond donors (Lipinski definition) is 4. The maximum Gasteiger partial charge on any atom is 0.307 e. The van der Waals surface area contributed by atoms with E-state index < -0.39 is 5.97 Å². The highest BCUT2D eigenvalue weighted by Gasteiger charge is 1.98. The molecule has 0 aromatic rings. The Balaban J connectivity index is 3.48. The van der Waals surface area contributed by atoms with E-state index in [1.54, 1.807) is 0 Å². The molecule has 0 heterocycles. The van der Waals surface area contributed by atoms with Crippen LogP contribution in [0.15, 0.2) is 0 Å². The molecule has 0 aliphatic rings. The van der Waals surface area contributed by atoms with E-state index in [0.29, 0.717) is 0 Å². The van der Waals surface area contributed by atoms with Crippen molar-refractivity contribution >= 4 is 12.3 Å². The van der Waals surface area contributed by atoms with Crippen LogP contribution in [0, 0.1) is 0 Å². The molecule has 0 bridgehead atoms. The number of carbonyl (C=O) groups is 1. The normalized spacial score (nSPS) is 11.1. The quantitative estimate of drug-likeness (QED) is 0.119. The summed E-state index contributed by atoms with van der Waals surface area (Å²) in [5, 5.41) is 8.18. The zero-order valence-corrected chi connectivity index (χ0v) is 5.45. The number of hydrogen-bond acceptors (Lipinski definition) is 3. The molecule has 0 spiro atoms. The predicted molar refractivity (Wildman–Crippen MR) is 35.0 cm³/mol. The van der Waals surface area contributed by atoms with E-state index in [-0.39, 0.29) is 13.0 Å². The monoisotopic (exact) mass is 147 g/mol. The summed E-state index contributed by atoms with van der Waals surface area (Å²) in [5.74, 6) is 9.18. The van der Waals surface area contributed by atoms with Gasteiger partial charge in [-0.25, -0.2) is 5.43 Å². The molecule has 6 nitrogen and oxygen atoms in total. The number of nitrogens with two attached hydrogens (primary N) is 2. The standard InChI is InChI=1S/C4H10N4O2/c5-7-3-8(6)2-1-4(9)10/h3H,1-2,5-6H2,(H,9,10)/p+1. The second-order valence-electron chi connectivity index (χ2n) is 1.68. The summed E-state index contributed by atoms with van der Waals surface area (Å²) in [6.45, 7) is 0.236. The van der Waals surface area contributed by atoms with E-state index >= 15 is 0 Å². The lowest BCUT2D eigenvalue weighted by molar-refractivity contribution is -0.536. The third-order valence-electron chi connectivity index (χ3n) is 0.824. The highest BCUT2D eigenvalue weighted by atomic mass is 16.4. The van der Waals surface area contributed by atoms with E-state index in [2.05, 4.69) is 5.43 Å². The van der Waals surface area contributed by atoms with Gasteiger partial charge in [-0.15, -0.1) is 0 Å². The fraction of sp³-hybridized carbons (Fsp3) is 0.500. The lowest BCUT2D eigenvalue weighted by Gasteiger charge is -1.94. The van der Waals surface area contributed by atoms with Gasteiger partial charge in [-0.3, -0.25) is 10.6 Å². The van der Waals surface area contributed by atoms with Crippen molar-refractivity contribution in [3.63, 3.8) is 0 Å². The van der Waals surface area contributed by atoms with Crippen molar-refractivity contribution in [1.29, 1.82) is 0 Å². The van der Waals surface area contributed by atoms with E-state index in [9.17, 15) is 4.79 Å². The Morgan fingerprint density at radius 3 is 2.80 bits per heavy atom. The molecule has 0 aliphatic carbocycles. The van der Waals surface area contributed by atoms with Crippen LogP contribution in [-0.4, -0.2) is 28.6 Å². The van der Waals surface area contributed by atoms with Crippen molar-refractivity contribution in [2.24, 2.45) is 11.7 Å². The molecule has 0 amide bonds. The van der Waals surface area contributed by atoms with Gasteiger partial charge < -0.3 is 5.11 Å². The van der Waals surface area contributed by atoms with Crippen LogP contribution in [0.1, 0.15) is 6.42 Å². The van der Waals surface area contributed by atoms with E-state index in [4.69, 9.17) is 16.8 Å². The lowest BCUT2D eigenvalue weighted by atomic mass is 10.4. The zero-order chi connectivity index (χ0) is 7.98. The minimum Gasteiger partial charge on any atom is -0.481 e. The van der Waals surface area contributed by atoms with Gasteiger partial charge in [0.25, 0.3) is 6.34 Å². The van der Waals surface area contributed by atoms with Gasteiger partial charge in [0.1, 0.15) is 6.54 Å². The smallest absolute Gasteiger partial charge is 0.307 e. The molecular weight excluding hydrogens is 136 g/mol. The van der Waals surface area contributed by atoms with Crippen LogP contribution in [0.4, 0.5) is 0 Å². The van der Waals surface area contributed by atoms with E-state index in [1.807, 2.05) is 0 Å². The van der Waals surface area contributed by atoms with Crippen molar-refractivity contribution in [2.45, 2.75) is 6.42 Å². The number of hydrazone groups is 1. The molecule has 0 atom stereocenters. The van der Waals surface area contributed by atoms with Crippen molar-refractivity contribution in [3.05, 3.63) is 0 Å². The molecule has 0 unspecified atom stereocenters. The van der Waals surface area contributed by atoms with Crippen LogP contribution in [0.2, 0.25) is 0 Å². The van der Waals surface area contributed by atoms with Gasteiger partial charge in [-0.05, 0) is 0 Å². The van der Waals surface area contributed by atoms with Gasteiger partial charge in [0.15, 0.2) is 0 Å². The first-order valence-electron chi connectivity index (χ1n) is 2.69. The van der Waals surface area contributed by atoms with Gasteiger partial charge in [-0.1, -0.05) is 0 Å². The third kappa shape index (κ3) is 4.85. The van der Waals surface area contributed by atoms with Crippen LogP contribution >= 0.6 is 0 Å². The average molecular weight is 147 g/mol. The van der Waals surface area contributed by atoms with E-state index in [0.717, 1.165) is 4.68 Å². The Morgan fingerprint density at radius 1 is 1.80 bits per heavy atom. The molecule has 0 fully saturated rings. The molecular formula is C4H11N4O2+. The summed E-state index contributed by atoms with van der Waals surface area (Å²) < 4.78 is 1.16. The maximum atomic E-state index is 9.96. The van der Waals surface area contributed by atoms with Crippen LogP contribution in [-0.2, 0) is 4.79 Å². The summed E-state index contributed by atoms with van der Waals surface area (Å²) in [6.07, 6.45) is 1.28. The van der Waals surface area contributed by atoms with Crippen LogP contribution in [0.5, 0.6) is 0 Å². The maximum absolute atomic E-state index is 9.96. The Hall–Kier alpha value is -1.30. The van der Waals surface area contributed by atoms with Gasteiger partial charge >= 0.3 is 5.97 Å². The van der Waals surface area contributed by atoms with Gasteiger partial charge in [0.05, 0.1) is 6.42 Å². The first-order chi connectivity index (χ1) is 4.66. The van der Waals surface area contributed by atoms with Crippen LogP contribution in [0.3, 0.4) is 0 Å². The number of carboxylic acid groups (broad SMARTS) is 1. The molecule has 10 heavy (non-hydrogen) atoms. The lowest BCUT2D eigenvalue weighted by Crippen LogP contribution is -2.33. The van der Waals surface area contributed by atoms with Crippen LogP contribution < -0.4 is 17.1 Å². The first kappa shape index (κ1) is 8.70. The first-order valence-corrected chi connectivity index (χ1v) is 2.69. The summed E-state index contributed by atoms with van der Waals surface area (Å²) >= 11 is 0. The van der Waals surface area contributed by atoms with Crippen molar-refractivity contribution < 1.29 is 14.6 Å². The summed E-state index contributed by atoms with van der Waals surface area (Å²) in [4.78, 5) is 9.96. The van der Waals surface area contributed by atoms with Crippen LogP contribution in [0.25, 0.3) is 0 Å². The molecule has 0 rings (SSSR count). The fourth-order valence-corrected chi connectivity index (χ4v) is 0.385. The van der Waals surface area contributed by atoms with Gasteiger partial charge in [0.2, 0.25) is 0 Å². The average Bonchev–Trinajstić information content (AvgIpc) is 1.85. The summed E-state index contributed by atoms with van der Waals surface area (Å²) in [6, 6.07) is 0. The number of nitrogens with zero attached hydrogens (tertiary/aromatic N) is 1. The Labute approximate surface area is 58.1 Å². The molecule has 6 heteroatoms. The molecule has 0 radical (unpaired) electrons. The molecule has 58 valence electrons. The number of aliphatic carboxylic acids is 1. The fourth-order valence-electron chi connectivity index (χ4n) is 0.385. The van der Waals surface area contributed by atoms with Gasteiger partial charge in [-0.2, -0.15) is 10.5 Å². The van der Waals surface area contributed by atoms with Crippen molar-refractivity contribution in [1.82, 2.24) is 5.43 Å².